The number of likely N-dealkylation sites (tertiary alicyclic amines) is 1. The number of halogens is 2. The van der Waals surface area contributed by atoms with Gasteiger partial charge in [0.2, 0.25) is 0 Å². The summed E-state index contributed by atoms with van der Waals surface area (Å²) in [7, 11) is 0. The van der Waals surface area contributed by atoms with Gasteiger partial charge in [-0.3, -0.25) is 4.90 Å². The first kappa shape index (κ1) is 16.4. The van der Waals surface area contributed by atoms with E-state index in [1.807, 2.05) is 0 Å². The monoisotopic (exact) mass is 296 g/mol. The summed E-state index contributed by atoms with van der Waals surface area (Å²) in [6.45, 7) is 7.66. The summed E-state index contributed by atoms with van der Waals surface area (Å²) in [6.07, 6.45) is 4.34. The van der Waals surface area contributed by atoms with Gasteiger partial charge in [0.1, 0.15) is 0 Å². The standard InChI is InChI=1S/C17H26F2N2/c1-4-17(3,21-10-6-5-7-11-21)16(20)13-9-8-12(2)14(18)15(13)19/h8-9,16H,4-7,10-11,20H2,1-3H3. The third-order valence-corrected chi connectivity index (χ3v) is 5.10. The maximum Gasteiger partial charge on any atom is 0.163 e. The molecule has 1 aromatic carbocycles. The third-order valence-electron chi connectivity index (χ3n) is 5.10. The van der Waals surface area contributed by atoms with Gasteiger partial charge in [0.15, 0.2) is 11.6 Å². The van der Waals surface area contributed by atoms with Crippen molar-refractivity contribution in [2.24, 2.45) is 5.73 Å². The molecule has 1 aliphatic heterocycles. The van der Waals surface area contributed by atoms with Gasteiger partial charge < -0.3 is 5.73 Å². The Labute approximate surface area is 126 Å². The normalized spacial score (nSPS) is 21.0. The van der Waals surface area contributed by atoms with E-state index in [1.54, 1.807) is 19.1 Å². The zero-order valence-corrected chi connectivity index (χ0v) is 13.3. The smallest absolute Gasteiger partial charge is 0.163 e. The molecule has 2 rings (SSSR count). The first-order valence-electron chi connectivity index (χ1n) is 7.87. The van der Waals surface area contributed by atoms with Crippen LogP contribution in [0.15, 0.2) is 12.1 Å². The molecule has 0 saturated carbocycles. The molecule has 118 valence electrons. The van der Waals surface area contributed by atoms with E-state index in [-0.39, 0.29) is 11.1 Å². The predicted molar refractivity (Wildman–Crippen MR) is 82.1 cm³/mol. The molecule has 2 unspecified atom stereocenters. The first-order chi connectivity index (χ1) is 9.91. The SMILES string of the molecule is CCC(C)(C(N)c1ccc(C)c(F)c1F)N1CCCCC1. The molecule has 2 atom stereocenters. The number of piperidine rings is 1. The first-order valence-corrected chi connectivity index (χ1v) is 7.87. The van der Waals surface area contributed by atoms with Crippen molar-refractivity contribution < 1.29 is 8.78 Å². The van der Waals surface area contributed by atoms with E-state index < -0.39 is 17.7 Å². The summed E-state index contributed by atoms with van der Waals surface area (Å²) in [4.78, 5) is 2.35. The minimum Gasteiger partial charge on any atom is -0.322 e. The fourth-order valence-electron chi connectivity index (χ4n) is 3.28. The van der Waals surface area contributed by atoms with Crippen LogP contribution in [-0.4, -0.2) is 23.5 Å². The Balaban J connectivity index is 2.35. The Morgan fingerprint density at radius 1 is 1.19 bits per heavy atom. The molecule has 0 amide bonds. The molecule has 0 radical (unpaired) electrons. The Morgan fingerprint density at radius 2 is 1.81 bits per heavy atom. The molecule has 0 bridgehead atoms. The molecule has 1 heterocycles. The summed E-state index contributed by atoms with van der Waals surface area (Å²) in [6, 6.07) is 2.71. The van der Waals surface area contributed by atoms with E-state index in [1.165, 1.54) is 6.42 Å². The Hall–Kier alpha value is -1.00. The van der Waals surface area contributed by atoms with Crippen molar-refractivity contribution in [3.8, 4) is 0 Å². The molecule has 1 fully saturated rings. The highest BCUT2D eigenvalue weighted by molar-refractivity contribution is 5.30. The molecule has 1 saturated heterocycles. The fourth-order valence-corrected chi connectivity index (χ4v) is 3.28. The second-order valence-electron chi connectivity index (χ2n) is 6.34. The zero-order chi connectivity index (χ0) is 15.6. The van der Waals surface area contributed by atoms with Gasteiger partial charge in [0.25, 0.3) is 0 Å². The third kappa shape index (κ3) is 2.97. The molecular weight excluding hydrogens is 270 g/mol. The van der Waals surface area contributed by atoms with Crippen LogP contribution in [0.1, 0.15) is 56.7 Å². The number of rotatable bonds is 4. The topological polar surface area (TPSA) is 29.3 Å². The van der Waals surface area contributed by atoms with Crippen LogP contribution in [0.5, 0.6) is 0 Å². The summed E-state index contributed by atoms with van der Waals surface area (Å²) < 4.78 is 28.1. The molecule has 4 heteroatoms. The molecule has 0 aromatic heterocycles. The van der Waals surface area contributed by atoms with Crippen molar-refractivity contribution in [3.05, 3.63) is 34.9 Å². The molecule has 2 nitrogen and oxygen atoms in total. The number of nitrogens with two attached hydrogens (primary N) is 1. The van der Waals surface area contributed by atoms with E-state index >= 15 is 0 Å². The van der Waals surface area contributed by atoms with Gasteiger partial charge in [-0.2, -0.15) is 0 Å². The number of nitrogens with zero attached hydrogens (tertiary/aromatic N) is 1. The second kappa shape index (κ2) is 6.41. The minimum atomic E-state index is -0.792. The molecular formula is C17H26F2N2. The molecule has 21 heavy (non-hydrogen) atoms. The van der Waals surface area contributed by atoms with Crippen LogP contribution >= 0.6 is 0 Å². The lowest BCUT2D eigenvalue weighted by molar-refractivity contribution is 0.0531. The quantitative estimate of drug-likeness (QED) is 0.912. The average molecular weight is 296 g/mol. The Bertz CT molecular complexity index is 498. The maximum atomic E-state index is 14.3. The van der Waals surface area contributed by atoms with Crippen LogP contribution < -0.4 is 5.73 Å². The van der Waals surface area contributed by atoms with Gasteiger partial charge in [-0.15, -0.1) is 0 Å². The van der Waals surface area contributed by atoms with Crippen LogP contribution in [0.25, 0.3) is 0 Å². The average Bonchev–Trinajstić information content (AvgIpc) is 2.52. The van der Waals surface area contributed by atoms with E-state index in [2.05, 4.69) is 18.7 Å². The summed E-state index contributed by atoms with van der Waals surface area (Å²) >= 11 is 0. The van der Waals surface area contributed by atoms with E-state index in [0.717, 1.165) is 32.4 Å². The van der Waals surface area contributed by atoms with Gasteiger partial charge in [-0.25, -0.2) is 8.78 Å². The van der Waals surface area contributed by atoms with Gasteiger partial charge >= 0.3 is 0 Å². The van der Waals surface area contributed by atoms with Gasteiger partial charge in [-0.05, 0) is 51.8 Å². The maximum absolute atomic E-state index is 14.3. The molecule has 0 aliphatic carbocycles. The molecule has 0 spiro atoms. The number of hydrogen-bond acceptors (Lipinski definition) is 2. The zero-order valence-electron chi connectivity index (χ0n) is 13.3. The summed E-state index contributed by atoms with van der Waals surface area (Å²) in [5, 5.41) is 0. The largest absolute Gasteiger partial charge is 0.322 e. The number of aryl methyl sites for hydroxylation is 1. The highest BCUT2D eigenvalue weighted by atomic mass is 19.2. The van der Waals surface area contributed by atoms with Crippen molar-refractivity contribution in [3.63, 3.8) is 0 Å². The van der Waals surface area contributed by atoms with Crippen LogP contribution in [-0.2, 0) is 0 Å². The van der Waals surface area contributed by atoms with Gasteiger partial charge in [0, 0.05) is 11.1 Å². The van der Waals surface area contributed by atoms with Gasteiger partial charge in [-0.1, -0.05) is 25.5 Å². The van der Waals surface area contributed by atoms with E-state index in [0.29, 0.717) is 5.56 Å². The van der Waals surface area contributed by atoms with Crippen molar-refractivity contribution in [1.82, 2.24) is 4.90 Å². The number of hydrogen-bond donors (Lipinski definition) is 1. The highest BCUT2D eigenvalue weighted by Gasteiger charge is 2.39. The van der Waals surface area contributed by atoms with Crippen LogP contribution in [0.3, 0.4) is 0 Å². The van der Waals surface area contributed by atoms with Crippen molar-refractivity contribution in [2.75, 3.05) is 13.1 Å². The lowest BCUT2D eigenvalue weighted by Gasteiger charge is -2.47. The summed E-state index contributed by atoms with van der Waals surface area (Å²) in [5.41, 5.74) is 6.65. The van der Waals surface area contributed by atoms with Crippen LogP contribution in [0, 0.1) is 18.6 Å². The Kier molecular flexibility index (Phi) is 4.99. The van der Waals surface area contributed by atoms with E-state index in [4.69, 9.17) is 5.73 Å². The van der Waals surface area contributed by atoms with Crippen molar-refractivity contribution in [2.45, 2.75) is 58.0 Å². The second-order valence-corrected chi connectivity index (χ2v) is 6.34. The molecule has 2 N–H and O–H groups in total. The van der Waals surface area contributed by atoms with Gasteiger partial charge in [0.05, 0.1) is 6.04 Å². The van der Waals surface area contributed by atoms with Crippen LogP contribution in [0.2, 0.25) is 0 Å². The number of benzene rings is 1. The van der Waals surface area contributed by atoms with Crippen molar-refractivity contribution in [1.29, 1.82) is 0 Å². The predicted octanol–water partition coefficient (Wildman–Crippen LogP) is 3.93. The lowest BCUT2D eigenvalue weighted by Crippen LogP contribution is -2.55. The van der Waals surface area contributed by atoms with Crippen LogP contribution in [0.4, 0.5) is 8.78 Å². The fraction of sp³-hybridized carbons (Fsp3) is 0.647. The minimum absolute atomic E-state index is 0.285. The lowest BCUT2D eigenvalue weighted by atomic mass is 9.82. The molecule has 1 aliphatic rings. The van der Waals surface area contributed by atoms with Crippen molar-refractivity contribution >= 4 is 0 Å². The highest BCUT2D eigenvalue weighted by Crippen LogP contribution is 2.36. The molecule has 1 aromatic rings. The Morgan fingerprint density at radius 3 is 2.38 bits per heavy atom. The van der Waals surface area contributed by atoms with E-state index in [9.17, 15) is 8.78 Å². The summed E-state index contributed by atoms with van der Waals surface area (Å²) in [5.74, 6) is -1.57.